The predicted octanol–water partition coefficient (Wildman–Crippen LogP) is 1.48. The number of carbonyl (C=O) groups excluding carboxylic acids is 1. The number of allylic oxidation sites excluding steroid dienone is 2. The molecule has 1 aliphatic carbocycles. The topological polar surface area (TPSA) is 26.3 Å². The third-order valence-electron chi connectivity index (χ3n) is 3.29. The number of carbonyl (C=O) groups is 1. The zero-order valence-electron chi connectivity index (χ0n) is 7.35. The van der Waals surface area contributed by atoms with E-state index in [0.29, 0.717) is 30.5 Å². The summed E-state index contributed by atoms with van der Waals surface area (Å²) in [5.74, 6) is 1.29. The van der Waals surface area contributed by atoms with Crippen LogP contribution in [-0.4, -0.2) is 18.0 Å². The molecule has 68 valence electrons. The maximum Gasteiger partial charge on any atom is 0.138 e. The van der Waals surface area contributed by atoms with E-state index in [1.807, 2.05) is 0 Å². The monoisotopic (exact) mass is 176 g/mol. The zero-order valence-corrected chi connectivity index (χ0v) is 7.35. The molecular weight excluding hydrogens is 164 g/mol. The first-order valence-electron chi connectivity index (χ1n) is 4.87. The maximum atomic E-state index is 11.3. The Morgan fingerprint density at radius 1 is 1.08 bits per heavy atom. The van der Waals surface area contributed by atoms with Crippen molar-refractivity contribution in [2.24, 2.45) is 11.8 Å². The number of hydrogen-bond donors (Lipinski definition) is 0. The van der Waals surface area contributed by atoms with Crippen LogP contribution in [0, 0.1) is 11.8 Å². The van der Waals surface area contributed by atoms with Crippen LogP contribution in [0.25, 0.3) is 0 Å². The van der Waals surface area contributed by atoms with Gasteiger partial charge in [0.25, 0.3) is 0 Å². The highest BCUT2D eigenvalue weighted by atomic mass is 16.5. The first kappa shape index (κ1) is 7.51. The molecule has 0 spiro atoms. The summed E-state index contributed by atoms with van der Waals surface area (Å²) in [6, 6.07) is 0. The van der Waals surface area contributed by atoms with Crippen molar-refractivity contribution in [1.82, 2.24) is 0 Å². The van der Waals surface area contributed by atoms with Crippen LogP contribution in [0.4, 0.5) is 0 Å². The van der Waals surface area contributed by atoms with E-state index in [9.17, 15) is 4.79 Å². The first-order chi connectivity index (χ1) is 6.34. The largest absolute Gasteiger partial charge is 0.373 e. The van der Waals surface area contributed by atoms with Gasteiger partial charge in [-0.05, 0) is 0 Å². The highest BCUT2D eigenvalue weighted by Crippen LogP contribution is 2.42. The molecule has 2 saturated heterocycles. The minimum atomic E-state index is 0.164. The van der Waals surface area contributed by atoms with E-state index in [-0.39, 0.29) is 12.2 Å². The van der Waals surface area contributed by atoms with Crippen molar-refractivity contribution in [2.75, 3.05) is 0 Å². The molecule has 0 unspecified atom stereocenters. The lowest BCUT2D eigenvalue weighted by Crippen LogP contribution is -2.26. The molecule has 2 heterocycles. The fourth-order valence-corrected chi connectivity index (χ4v) is 2.69. The molecule has 0 aromatic rings. The van der Waals surface area contributed by atoms with Gasteiger partial charge in [0.1, 0.15) is 5.78 Å². The lowest BCUT2D eigenvalue weighted by Gasteiger charge is -2.19. The highest BCUT2D eigenvalue weighted by molar-refractivity contribution is 5.80. The van der Waals surface area contributed by atoms with Crippen LogP contribution in [0.2, 0.25) is 0 Å². The van der Waals surface area contributed by atoms with Crippen molar-refractivity contribution in [3.63, 3.8) is 0 Å². The van der Waals surface area contributed by atoms with Gasteiger partial charge in [-0.3, -0.25) is 4.79 Å². The van der Waals surface area contributed by atoms with Gasteiger partial charge >= 0.3 is 0 Å². The van der Waals surface area contributed by atoms with E-state index in [4.69, 9.17) is 4.74 Å². The average molecular weight is 176 g/mol. The van der Waals surface area contributed by atoms with Gasteiger partial charge < -0.3 is 4.74 Å². The van der Waals surface area contributed by atoms with Crippen LogP contribution >= 0.6 is 0 Å². The number of ether oxygens (including phenoxy) is 1. The Labute approximate surface area is 77.3 Å². The van der Waals surface area contributed by atoms with Gasteiger partial charge in [-0.2, -0.15) is 0 Å². The normalized spacial score (nSPS) is 46.6. The number of rotatable bonds is 0. The summed E-state index contributed by atoms with van der Waals surface area (Å²) < 4.78 is 5.79. The Balaban J connectivity index is 1.96. The van der Waals surface area contributed by atoms with Crippen molar-refractivity contribution < 1.29 is 9.53 Å². The van der Waals surface area contributed by atoms with E-state index >= 15 is 0 Å². The Morgan fingerprint density at radius 2 is 1.62 bits per heavy atom. The van der Waals surface area contributed by atoms with E-state index in [1.54, 1.807) is 0 Å². The average Bonchev–Trinajstić information content (AvgIpc) is 2.41. The van der Waals surface area contributed by atoms with Crippen molar-refractivity contribution in [3.8, 4) is 0 Å². The van der Waals surface area contributed by atoms with Crippen LogP contribution in [0.15, 0.2) is 24.3 Å². The van der Waals surface area contributed by atoms with Crippen LogP contribution < -0.4 is 0 Å². The molecule has 3 aliphatic rings. The SMILES string of the molecule is O=C1C[C@@H]2O[C@H](C1)[C@H]1C=CC=C[C@H]12. The molecule has 0 saturated carbocycles. The van der Waals surface area contributed by atoms with Crippen LogP contribution in [0.3, 0.4) is 0 Å². The molecule has 2 bridgehead atoms. The number of Topliss-reactive ketones (excluding diaryl/α,β-unsaturated/α-hetero) is 1. The third-order valence-corrected chi connectivity index (χ3v) is 3.29. The smallest absolute Gasteiger partial charge is 0.138 e. The fraction of sp³-hybridized carbons (Fsp3) is 0.545. The molecule has 3 rings (SSSR count). The second-order valence-corrected chi connectivity index (χ2v) is 4.08. The summed E-state index contributed by atoms with van der Waals surface area (Å²) in [6.07, 6.45) is 10.1. The van der Waals surface area contributed by atoms with Gasteiger partial charge in [0.2, 0.25) is 0 Å². The minimum absolute atomic E-state index is 0.164. The Morgan fingerprint density at radius 3 is 2.15 bits per heavy atom. The van der Waals surface area contributed by atoms with Gasteiger partial charge in [-0.25, -0.2) is 0 Å². The van der Waals surface area contributed by atoms with E-state index in [0.717, 1.165) is 0 Å². The number of ketones is 1. The Kier molecular flexibility index (Phi) is 1.47. The molecule has 0 amide bonds. The molecule has 2 fully saturated rings. The van der Waals surface area contributed by atoms with Gasteiger partial charge in [0.15, 0.2) is 0 Å². The molecule has 2 nitrogen and oxygen atoms in total. The molecule has 0 N–H and O–H groups in total. The molecule has 2 aliphatic heterocycles. The second-order valence-electron chi connectivity index (χ2n) is 4.08. The predicted molar refractivity (Wildman–Crippen MR) is 48.2 cm³/mol. The summed E-state index contributed by atoms with van der Waals surface area (Å²) in [6.45, 7) is 0. The maximum absolute atomic E-state index is 11.3. The van der Waals surface area contributed by atoms with Gasteiger partial charge in [-0.15, -0.1) is 0 Å². The van der Waals surface area contributed by atoms with Crippen LogP contribution in [0.5, 0.6) is 0 Å². The molecule has 0 radical (unpaired) electrons. The number of hydrogen-bond acceptors (Lipinski definition) is 2. The summed E-state index contributed by atoms with van der Waals surface area (Å²) in [4.78, 5) is 11.3. The lowest BCUT2D eigenvalue weighted by molar-refractivity contribution is -0.130. The minimum Gasteiger partial charge on any atom is -0.373 e. The molecule has 0 aromatic carbocycles. The van der Waals surface area contributed by atoms with Crippen molar-refractivity contribution >= 4 is 5.78 Å². The Bertz CT molecular complexity index is 275. The van der Waals surface area contributed by atoms with Crippen molar-refractivity contribution in [1.29, 1.82) is 0 Å². The van der Waals surface area contributed by atoms with Crippen molar-refractivity contribution in [2.45, 2.75) is 25.0 Å². The quantitative estimate of drug-likeness (QED) is 0.558. The molecule has 4 atom stereocenters. The lowest BCUT2D eigenvalue weighted by atomic mass is 9.85. The summed E-state index contributed by atoms with van der Waals surface area (Å²) in [5, 5.41) is 0. The first-order valence-corrected chi connectivity index (χ1v) is 4.87. The Hall–Kier alpha value is -0.890. The second kappa shape index (κ2) is 2.55. The van der Waals surface area contributed by atoms with Gasteiger partial charge in [0.05, 0.1) is 12.2 Å². The molecule has 0 aromatic heterocycles. The van der Waals surface area contributed by atoms with Crippen LogP contribution in [0.1, 0.15) is 12.8 Å². The zero-order chi connectivity index (χ0) is 8.84. The standard InChI is InChI=1S/C11H12O2/c12-7-5-10-8-3-1-2-4-9(8)11(6-7)13-10/h1-4,8-11H,5-6H2/t8-,9+,10+,11-. The van der Waals surface area contributed by atoms with Crippen LogP contribution in [-0.2, 0) is 9.53 Å². The number of fused-ring (bicyclic) bond motifs is 5. The molecular formula is C11H12O2. The molecule has 13 heavy (non-hydrogen) atoms. The van der Waals surface area contributed by atoms with E-state index in [1.165, 1.54) is 0 Å². The van der Waals surface area contributed by atoms with Crippen molar-refractivity contribution in [3.05, 3.63) is 24.3 Å². The third kappa shape index (κ3) is 1.02. The van der Waals surface area contributed by atoms with E-state index in [2.05, 4.69) is 24.3 Å². The van der Waals surface area contributed by atoms with E-state index < -0.39 is 0 Å². The highest BCUT2D eigenvalue weighted by Gasteiger charge is 2.46. The van der Waals surface area contributed by atoms with Gasteiger partial charge in [-0.1, -0.05) is 24.3 Å². The van der Waals surface area contributed by atoms with Gasteiger partial charge in [0, 0.05) is 24.7 Å². The summed E-state index contributed by atoms with van der Waals surface area (Å²) in [7, 11) is 0. The molecule has 2 heteroatoms. The fourth-order valence-electron chi connectivity index (χ4n) is 2.69. The summed E-state index contributed by atoms with van der Waals surface area (Å²) >= 11 is 0. The summed E-state index contributed by atoms with van der Waals surface area (Å²) in [5.41, 5.74) is 0.